The van der Waals surface area contributed by atoms with E-state index in [1.807, 2.05) is 26.8 Å². The van der Waals surface area contributed by atoms with Crippen LogP contribution >= 0.6 is 0 Å². The SMILES string of the molecule is CC[C@@]1(O)C(=O)CCc2c1cc1n(c2=O)Cc2cc3c(C(C)(C)C)c(O)ccc3nc2-1. The highest BCUT2D eigenvalue weighted by Gasteiger charge is 2.43. The van der Waals surface area contributed by atoms with Gasteiger partial charge in [-0.2, -0.15) is 0 Å². The number of carbonyl (C=O) groups excluding carboxylic acids is 1. The summed E-state index contributed by atoms with van der Waals surface area (Å²) in [4.78, 5) is 30.7. The van der Waals surface area contributed by atoms with Gasteiger partial charge in [-0.3, -0.25) is 9.59 Å². The molecule has 0 radical (unpaired) electrons. The van der Waals surface area contributed by atoms with Crippen molar-refractivity contribution in [3.05, 3.63) is 56.9 Å². The van der Waals surface area contributed by atoms with Crippen LogP contribution in [0.2, 0.25) is 0 Å². The molecule has 0 bridgehead atoms. The van der Waals surface area contributed by atoms with Crippen LogP contribution in [0.1, 0.15) is 62.8 Å². The Hall–Kier alpha value is -2.99. The summed E-state index contributed by atoms with van der Waals surface area (Å²) in [7, 11) is 0. The van der Waals surface area contributed by atoms with Crippen LogP contribution in [-0.2, 0) is 28.8 Å². The second-order valence-electron chi connectivity index (χ2n) is 9.72. The smallest absolute Gasteiger partial charge is 0.254 e. The lowest BCUT2D eigenvalue weighted by Crippen LogP contribution is -2.43. The normalized spacial score (nSPS) is 20.0. The van der Waals surface area contributed by atoms with E-state index in [1.54, 1.807) is 29.7 Å². The minimum absolute atomic E-state index is 0.159. The fourth-order valence-electron chi connectivity index (χ4n) is 5.21. The van der Waals surface area contributed by atoms with Gasteiger partial charge in [0.05, 0.1) is 23.4 Å². The van der Waals surface area contributed by atoms with Gasteiger partial charge < -0.3 is 14.8 Å². The van der Waals surface area contributed by atoms with E-state index in [4.69, 9.17) is 4.98 Å². The highest BCUT2D eigenvalue weighted by Crippen LogP contribution is 2.42. The van der Waals surface area contributed by atoms with Gasteiger partial charge in [0.2, 0.25) is 0 Å². The second kappa shape index (κ2) is 6.26. The highest BCUT2D eigenvalue weighted by molar-refractivity contribution is 5.92. The largest absolute Gasteiger partial charge is 0.508 e. The highest BCUT2D eigenvalue weighted by atomic mass is 16.3. The Morgan fingerprint density at radius 1 is 1.16 bits per heavy atom. The fraction of sp³-hybridized carbons (Fsp3) is 0.400. The van der Waals surface area contributed by atoms with Crippen LogP contribution in [-0.4, -0.2) is 25.5 Å². The van der Waals surface area contributed by atoms with E-state index in [-0.39, 0.29) is 35.3 Å². The number of fused-ring (bicyclic) bond motifs is 5. The number of aromatic nitrogens is 2. The molecule has 1 atom stereocenters. The summed E-state index contributed by atoms with van der Waals surface area (Å²) in [5, 5.41) is 22.5. The molecule has 160 valence electrons. The van der Waals surface area contributed by atoms with Crippen LogP contribution in [0.25, 0.3) is 22.3 Å². The lowest BCUT2D eigenvalue weighted by atomic mass is 9.77. The van der Waals surface area contributed by atoms with Gasteiger partial charge >= 0.3 is 0 Å². The molecular formula is C25H26N2O4. The minimum Gasteiger partial charge on any atom is -0.508 e. The van der Waals surface area contributed by atoms with Crippen LogP contribution in [0.3, 0.4) is 0 Å². The molecule has 1 aliphatic carbocycles. The van der Waals surface area contributed by atoms with E-state index in [0.717, 1.165) is 22.0 Å². The molecule has 0 spiro atoms. The molecule has 2 N–H and O–H groups in total. The van der Waals surface area contributed by atoms with Crippen molar-refractivity contribution in [3.63, 3.8) is 0 Å². The Kier molecular flexibility index (Phi) is 4.03. The lowest BCUT2D eigenvalue weighted by Gasteiger charge is -2.32. The van der Waals surface area contributed by atoms with Gasteiger partial charge in [-0.15, -0.1) is 0 Å². The topological polar surface area (TPSA) is 92.4 Å². The number of phenolic OH excluding ortho intramolecular Hbond substituents is 1. The molecule has 0 saturated heterocycles. The average molecular weight is 418 g/mol. The molecule has 0 amide bonds. The molecule has 6 heteroatoms. The third kappa shape index (κ3) is 2.64. The third-order valence-electron chi connectivity index (χ3n) is 6.80. The minimum atomic E-state index is -1.62. The first kappa shape index (κ1) is 19.9. The maximum atomic E-state index is 13.3. The zero-order valence-corrected chi connectivity index (χ0v) is 18.2. The molecule has 0 unspecified atom stereocenters. The van der Waals surface area contributed by atoms with Crippen LogP contribution in [0.15, 0.2) is 29.1 Å². The van der Waals surface area contributed by atoms with Gasteiger partial charge in [0.25, 0.3) is 5.56 Å². The molecule has 3 aromatic rings. The number of aromatic hydroxyl groups is 1. The van der Waals surface area contributed by atoms with Crippen molar-refractivity contribution in [2.24, 2.45) is 0 Å². The monoisotopic (exact) mass is 418 g/mol. The molecule has 5 rings (SSSR count). The number of ketones is 1. The molecule has 3 heterocycles. The first-order valence-corrected chi connectivity index (χ1v) is 10.8. The Morgan fingerprint density at radius 2 is 1.90 bits per heavy atom. The number of nitrogens with zero attached hydrogens (tertiary/aromatic N) is 2. The molecule has 2 aromatic heterocycles. The van der Waals surface area contributed by atoms with Gasteiger partial charge in [-0.05, 0) is 42.5 Å². The molecule has 0 saturated carbocycles. The van der Waals surface area contributed by atoms with E-state index >= 15 is 0 Å². The Morgan fingerprint density at radius 3 is 2.58 bits per heavy atom. The number of hydrogen-bond acceptors (Lipinski definition) is 5. The molecular weight excluding hydrogens is 392 g/mol. The summed E-state index contributed by atoms with van der Waals surface area (Å²) in [6.45, 7) is 8.29. The van der Waals surface area contributed by atoms with Crippen molar-refractivity contribution in [2.45, 2.75) is 64.5 Å². The van der Waals surface area contributed by atoms with Gasteiger partial charge in [-0.25, -0.2) is 4.98 Å². The summed E-state index contributed by atoms with van der Waals surface area (Å²) < 4.78 is 1.69. The quantitative estimate of drug-likeness (QED) is 0.493. The van der Waals surface area contributed by atoms with Gasteiger partial charge in [0.15, 0.2) is 5.78 Å². The molecule has 31 heavy (non-hydrogen) atoms. The van der Waals surface area contributed by atoms with Gasteiger partial charge in [-0.1, -0.05) is 27.7 Å². The summed E-state index contributed by atoms with van der Waals surface area (Å²) in [6, 6.07) is 7.24. The lowest BCUT2D eigenvalue weighted by molar-refractivity contribution is -0.140. The summed E-state index contributed by atoms with van der Waals surface area (Å²) >= 11 is 0. The van der Waals surface area contributed by atoms with Crippen molar-refractivity contribution in [3.8, 4) is 17.1 Å². The summed E-state index contributed by atoms with van der Waals surface area (Å²) in [5.74, 6) is -0.00162. The van der Waals surface area contributed by atoms with E-state index in [1.165, 1.54) is 0 Å². The number of phenols is 1. The number of aliphatic hydroxyl groups is 1. The predicted molar refractivity (Wildman–Crippen MR) is 118 cm³/mol. The standard InChI is InChI=1S/C25H26N2O4/c1-5-25(31)16-11-18-22-13(12-27(18)23(30)14(16)6-9-20(25)29)10-15-17(26-22)7-8-19(28)21(15)24(2,3)4/h7-8,10-11,28,31H,5-6,9,12H2,1-4H3/t25-/m0/s1. The molecule has 1 aromatic carbocycles. The van der Waals surface area contributed by atoms with Crippen LogP contribution in [0.4, 0.5) is 0 Å². The fourth-order valence-corrected chi connectivity index (χ4v) is 5.21. The number of Topliss-reactive ketones (excluding diaryl/α,β-unsaturated/α-hetero) is 1. The second-order valence-corrected chi connectivity index (χ2v) is 9.72. The van der Waals surface area contributed by atoms with Gasteiger partial charge in [0.1, 0.15) is 11.4 Å². The average Bonchev–Trinajstić information content (AvgIpc) is 3.06. The Labute approximate surface area is 180 Å². The number of benzene rings is 1. The summed E-state index contributed by atoms with van der Waals surface area (Å²) in [5.41, 5.74) is 2.68. The van der Waals surface area contributed by atoms with Gasteiger partial charge in [0, 0.05) is 34.1 Å². The Balaban J connectivity index is 1.79. The molecule has 0 fully saturated rings. The van der Waals surface area contributed by atoms with E-state index < -0.39 is 5.60 Å². The van der Waals surface area contributed by atoms with Crippen molar-refractivity contribution in [1.82, 2.24) is 9.55 Å². The number of hydrogen-bond donors (Lipinski definition) is 2. The van der Waals surface area contributed by atoms with Crippen LogP contribution in [0.5, 0.6) is 5.75 Å². The first-order chi connectivity index (χ1) is 14.6. The number of carbonyl (C=O) groups is 1. The third-order valence-corrected chi connectivity index (χ3v) is 6.80. The zero-order valence-electron chi connectivity index (χ0n) is 18.2. The van der Waals surface area contributed by atoms with Crippen LogP contribution in [0, 0.1) is 0 Å². The van der Waals surface area contributed by atoms with Crippen molar-refractivity contribution < 1.29 is 15.0 Å². The Bertz CT molecular complexity index is 1350. The maximum Gasteiger partial charge on any atom is 0.254 e. The van der Waals surface area contributed by atoms with E-state index in [9.17, 15) is 19.8 Å². The molecule has 1 aliphatic heterocycles. The van der Waals surface area contributed by atoms with E-state index in [2.05, 4.69) is 0 Å². The zero-order chi connectivity index (χ0) is 22.3. The first-order valence-electron chi connectivity index (χ1n) is 10.8. The number of pyridine rings is 2. The van der Waals surface area contributed by atoms with Crippen LogP contribution < -0.4 is 5.56 Å². The van der Waals surface area contributed by atoms with Crippen molar-refractivity contribution in [1.29, 1.82) is 0 Å². The predicted octanol–water partition coefficient (Wildman–Crippen LogP) is 3.54. The molecule has 2 aliphatic rings. The van der Waals surface area contributed by atoms with Crippen molar-refractivity contribution >= 4 is 16.7 Å². The summed E-state index contributed by atoms with van der Waals surface area (Å²) in [6.07, 6.45) is 0.757. The number of rotatable bonds is 1. The van der Waals surface area contributed by atoms with Crippen molar-refractivity contribution in [2.75, 3.05) is 0 Å². The molecule has 6 nitrogen and oxygen atoms in total. The van der Waals surface area contributed by atoms with E-state index in [0.29, 0.717) is 35.5 Å². The maximum absolute atomic E-state index is 13.3.